The van der Waals surface area contributed by atoms with Gasteiger partial charge in [-0.25, -0.2) is 0 Å². The van der Waals surface area contributed by atoms with Crippen molar-refractivity contribution in [1.82, 2.24) is 4.90 Å². The smallest absolute Gasteiger partial charge is 0.319 e. The molecule has 0 aromatic rings. The van der Waals surface area contributed by atoms with Gasteiger partial charge in [-0.1, -0.05) is 12.8 Å². The summed E-state index contributed by atoms with van der Waals surface area (Å²) in [7, 11) is 1.45. The largest absolute Gasteiger partial charge is 0.468 e. The van der Waals surface area contributed by atoms with Crippen molar-refractivity contribution in [3.05, 3.63) is 0 Å². The molecule has 86 valence electrons. The molecule has 15 heavy (non-hydrogen) atoms. The van der Waals surface area contributed by atoms with Crippen LogP contribution in [-0.4, -0.2) is 49.8 Å². The number of hydrogen-bond donors (Lipinski definition) is 0. The highest BCUT2D eigenvalue weighted by molar-refractivity contribution is 5.71. The van der Waals surface area contributed by atoms with Crippen molar-refractivity contribution in [2.45, 2.75) is 37.8 Å². The van der Waals surface area contributed by atoms with E-state index in [9.17, 15) is 4.79 Å². The predicted molar refractivity (Wildman–Crippen MR) is 55.6 cm³/mol. The molecule has 0 bridgehead atoms. The third kappa shape index (κ3) is 2.49. The molecule has 2 rings (SSSR count). The van der Waals surface area contributed by atoms with E-state index < -0.39 is 0 Å². The van der Waals surface area contributed by atoms with Crippen LogP contribution in [0.4, 0.5) is 0 Å². The zero-order chi connectivity index (χ0) is 10.7. The topological polar surface area (TPSA) is 38.8 Å². The van der Waals surface area contributed by atoms with Gasteiger partial charge in [-0.15, -0.1) is 0 Å². The lowest BCUT2D eigenvalue weighted by Crippen LogP contribution is -2.54. The van der Waals surface area contributed by atoms with Gasteiger partial charge in [-0.3, -0.25) is 9.69 Å². The van der Waals surface area contributed by atoms with Crippen molar-refractivity contribution >= 4 is 5.97 Å². The van der Waals surface area contributed by atoms with E-state index in [0.717, 1.165) is 26.0 Å². The fraction of sp³-hybridized carbons (Fsp3) is 0.909. The Morgan fingerprint density at radius 3 is 3.07 bits per heavy atom. The van der Waals surface area contributed by atoms with E-state index in [1.165, 1.54) is 20.0 Å². The minimum absolute atomic E-state index is 0.138. The van der Waals surface area contributed by atoms with Crippen LogP contribution in [0.25, 0.3) is 0 Å². The fourth-order valence-electron chi connectivity index (χ4n) is 2.60. The molecule has 1 aliphatic carbocycles. The van der Waals surface area contributed by atoms with Gasteiger partial charge in [0.25, 0.3) is 0 Å². The Kier molecular flexibility index (Phi) is 3.59. The van der Waals surface area contributed by atoms with Gasteiger partial charge in [0, 0.05) is 12.6 Å². The maximum absolute atomic E-state index is 11.2. The molecule has 4 nitrogen and oxygen atoms in total. The molecule has 1 saturated heterocycles. The molecule has 0 radical (unpaired) electrons. The highest BCUT2D eigenvalue weighted by atomic mass is 16.5. The molecule has 0 spiro atoms. The number of carbonyl (C=O) groups is 1. The normalized spacial score (nSPS) is 32.1. The molecule has 1 saturated carbocycles. The van der Waals surface area contributed by atoms with E-state index >= 15 is 0 Å². The minimum atomic E-state index is -0.138. The van der Waals surface area contributed by atoms with Gasteiger partial charge in [0.05, 0.1) is 26.4 Å². The van der Waals surface area contributed by atoms with Gasteiger partial charge >= 0.3 is 5.97 Å². The van der Waals surface area contributed by atoms with Crippen molar-refractivity contribution in [1.29, 1.82) is 0 Å². The van der Waals surface area contributed by atoms with Crippen molar-refractivity contribution in [2.24, 2.45) is 0 Å². The number of rotatable bonds is 2. The van der Waals surface area contributed by atoms with Gasteiger partial charge in [0.2, 0.25) is 0 Å². The fourth-order valence-corrected chi connectivity index (χ4v) is 2.60. The lowest BCUT2D eigenvalue weighted by molar-refractivity contribution is -0.147. The lowest BCUT2D eigenvalue weighted by atomic mass is 9.90. The van der Waals surface area contributed by atoms with E-state index in [1.807, 2.05) is 0 Å². The van der Waals surface area contributed by atoms with Crippen LogP contribution >= 0.6 is 0 Å². The number of carbonyl (C=O) groups excluding carboxylic acids is 1. The third-order valence-corrected chi connectivity index (χ3v) is 3.41. The van der Waals surface area contributed by atoms with Gasteiger partial charge in [0.1, 0.15) is 0 Å². The summed E-state index contributed by atoms with van der Waals surface area (Å²) in [5.74, 6) is -0.138. The van der Waals surface area contributed by atoms with Gasteiger partial charge in [-0.05, 0) is 12.8 Å². The first-order chi connectivity index (χ1) is 7.31. The maximum atomic E-state index is 11.2. The lowest BCUT2D eigenvalue weighted by Gasteiger charge is -2.43. The molecule has 1 aliphatic heterocycles. The second-order valence-electron chi connectivity index (χ2n) is 4.31. The van der Waals surface area contributed by atoms with E-state index in [-0.39, 0.29) is 5.97 Å². The molecule has 1 heterocycles. The van der Waals surface area contributed by atoms with Crippen LogP contribution in [0.3, 0.4) is 0 Å². The SMILES string of the molecule is COC(=O)CN1CCOC2CCCCC21. The number of nitrogens with zero attached hydrogens (tertiary/aromatic N) is 1. The average Bonchev–Trinajstić information content (AvgIpc) is 2.29. The Balaban J connectivity index is 1.94. The number of esters is 1. The Hall–Kier alpha value is -0.610. The summed E-state index contributed by atoms with van der Waals surface area (Å²) in [4.78, 5) is 13.5. The monoisotopic (exact) mass is 213 g/mol. The number of morpholine rings is 1. The Morgan fingerprint density at radius 2 is 2.27 bits per heavy atom. The van der Waals surface area contributed by atoms with Crippen molar-refractivity contribution in [3.63, 3.8) is 0 Å². The van der Waals surface area contributed by atoms with Gasteiger partial charge < -0.3 is 9.47 Å². The Morgan fingerprint density at radius 1 is 1.47 bits per heavy atom. The zero-order valence-electron chi connectivity index (χ0n) is 9.28. The molecule has 0 amide bonds. The molecule has 2 unspecified atom stereocenters. The van der Waals surface area contributed by atoms with Crippen molar-refractivity contribution in [2.75, 3.05) is 26.8 Å². The Labute approximate surface area is 90.5 Å². The van der Waals surface area contributed by atoms with Crippen LogP contribution in [0.1, 0.15) is 25.7 Å². The first kappa shape index (κ1) is 10.9. The molecule has 2 atom stereocenters. The van der Waals surface area contributed by atoms with Crippen LogP contribution < -0.4 is 0 Å². The quantitative estimate of drug-likeness (QED) is 0.636. The number of fused-ring (bicyclic) bond motifs is 1. The number of hydrogen-bond acceptors (Lipinski definition) is 4. The number of ether oxygens (including phenoxy) is 2. The number of methoxy groups -OCH3 is 1. The van der Waals surface area contributed by atoms with Crippen LogP contribution in [0, 0.1) is 0 Å². The van der Waals surface area contributed by atoms with Crippen LogP contribution in [0.15, 0.2) is 0 Å². The Bertz CT molecular complexity index is 230. The molecular formula is C11H19NO3. The highest BCUT2D eigenvalue weighted by Gasteiger charge is 2.34. The van der Waals surface area contributed by atoms with Gasteiger partial charge in [0.15, 0.2) is 0 Å². The maximum Gasteiger partial charge on any atom is 0.319 e. The zero-order valence-corrected chi connectivity index (χ0v) is 9.28. The second-order valence-corrected chi connectivity index (χ2v) is 4.31. The van der Waals surface area contributed by atoms with Crippen molar-refractivity contribution < 1.29 is 14.3 Å². The molecule has 0 aromatic carbocycles. The molecule has 2 aliphatic rings. The van der Waals surface area contributed by atoms with Crippen molar-refractivity contribution in [3.8, 4) is 0 Å². The van der Waals surface area contributed by atoms with E-state index in [2.05, 4.69) is 4.90 Å². The summed E-state index contributed by atoms with van der Waals surface area (Å²) >= 11 is 0. The molecule has 0 aromatic heterocycles. The van der Waals surface area contributed by atoms with Crippen LogP contribution in [0.5, 0.6) is 0 Å². The summed E-state index contributed by atoms with van der Waals surface area (Å²) < 4.78 is 10.4. The average molecular weight is 213 g/mol. The summed E-state index contributed by atoms with van der Waals surface area (Å²) in [6.45, 7) is 2.02. The first-order valence-corrected chi connectivity index (χ1v) is 5.73. The van der Waals surface area contributed by atoms with E-state index in [1.54, 1.807) is 0 Å². The highest BCUT2D eigenvalue weighted by Crippen LogP contribution is 2.28. The molecule has 2 fully saturated rings. The van der Waals surface area contributed by atoms with E-state index in [0.29, 0.717) is 18.7 Å². The van der Waals surface area contributed by atoms with Gasteiger partial charge in [-0.2, -0.15) is 0 Å². The van der Waals surface area contributed by atoms with Crippen LogP contribution in [0.2, 0.25) is 0 Å². The summed E-state index contributed by atoms with van der Waals surface area (Å²) in [6.07, 6.45) is 5.15. The molecular weight excluding hydrogens is 194 g/mol. The molecule has 0 N–H and O–H groups in total. The minimum Gasteiger partial charge on any atom is -0.468 e. The summed E-state index contributed by atoms with van der Waals surface area (Å²) in [5, 5.41) is 0. The predicted octanol–water partition coefficient (Wildman–Crippen LogP) is 0.803. The summed E-state index contributed by atoms with van der Waals surface area (Å²) in [5.41, 5.74) is 0. The standard InChI is InChI=1S/C11H19NO3/c1-14-11(13)8-12-6-7-15-10-5-3-2-4-9(10)12/h9-10H,2-8H2,1H3. The van der Waals surface area contributed by atoms with Crippen LogP contribution in [-0.2, 0) is 14.3 Å². The van der Waals surface area contributed by atoms with E-state index in [4.69, 9.17) is 9.47 Å². The summed E-state index contributed by atoms with van der Waals surface area (Å²) in [6, 6.07) is 0.437. The molecule has 4 heteroatoms. The third-order valence-electron chi connectivity index (χ3n) is 3.41. The first-order valence-electron chi connectivity index (χ1n) is 5.73. The second kappa shape index (κ2) is 4.94.